The molecule has 146 valence electrons. The fraction of sp³-hybridized carbons (Fsp3) is 0.0909. The average molecular weight is 428 g/mol. The molecule has 1 aliphatic rings. The zero-order chi connectivity index (χ0) is 20.7. The van der Waals surface area contributed by atoms with Crippen LogP contribution in [0.5, 0.6) is 0 Å². The second kappa shape index (κ2) is 7.46. The van der Waals surface area contributed by atoms with Gasteiger partial charge >= 0.3 is 0 Å². The van der Waals surface area contributed by atoms with Crippen LogP contribution in [0.2, 0.25) is 5.02 Å². The van der Waals surface area contributed by atoms with Gasteiger partial charge in [0.1, 0.15) is 17.6 Å². The molecule has 1 fully saturated rings. The first-order valence-electron chi connectivity index (χ1n) is 8.75. The minimum absolute atomic E-state index is 0.0385. The summed E-state index contributed by atoms with van der Waals surface area (Å²) in [5.41, 5.74) is 1.37. The Morgan fingerprint density at radius 1 is 1.10 bits per heavy atom. The fourth-order valence-electron chi connectivity index (χ4n) is 3.42. The van der Waals surface area contributed by atoms with Gasteiger partial charge in [-0.2, -0.15) is 0 Å². The molecule has 0 spiro atoms. The molecule has 3 aromatic rings. The number of benzene rings is 2. The van der Waals surface area contributed by atoms with E-state index in [0.717, 1.165) is 0 Å². The van der Waals surface area contributed by atoms with Crippen molar-refractivity contribution in [1.29, 1.82) is 0 Å². The zero-order valence-corrected chi connectivity index (χ0v) is 16.8. The van der Waals surface area contributed by atoms with Crippen molar-refractivity contribution in [2.24, 2.45) is 0 Å². The quantitative estimate of drug-likeness (QED) is 0.342. The molecule has 1 unspecified atom stereocenters. The van der Waals surface area contributed by atoms with Gasteiger partial charge in [-0.1, -0.05) is 23.7 Å². The molecule has 1 aromatic heterocycles. The summed E-state index contributed by atoms with van der Waals surface area (Å²) in [6.45, 7) is 1.77. The van der Waals surface area contributed by atoms with Crippen molar-refractivity contribution in [2.75, 3.05) is 4.90 Å². The van der Waals surface area contributed by atoms with Crippen molar-refractivity contribution in [1.82, 2.24) is 0 Å². The van der Waals surface area contributed by atoms with Crippen LogP contribution >= 0.6 is 22.9 Å². The predicted molar refractivity (Wildman–Crippen MR) is 112 cm³/mol. The first kappa shape index (κ1) is 19.4. The van der Waals surface area contributed by atoms with E-state index in [9.17, 15) is 19.1 Å². The standard InChI is InChI=1S/C22H15ClFNO3S/c1-12-15(23)4-2-5-16(12)25-19(17-6-3-11-29-17)18(21(27)22(25)28)20(26)13-7-9-14(24)10-8-13/h2-11,19,26H,1H3/b20-18-. The van der Waals surface area contributed by atoms with E-state index in [1.165, 1.54) is 40.5 Å². The van der Waals surface area contributed by atoms with Crippen molar-refractivity contribution >= 4 is 46.1 Å². The Hall–Kier alpha value is -2.96. The normalized spacial score (nSPS) is 18.4. The lowest BCUT2D eigenvalue weighted by Gasteiger charge is -2.26. The van der Waals surface area contributed by atoms with Gasteiger partial charge in [-0.05, 0) is 60.3 Å². The summed E-state index contributed by atoms with van der Waals surface area (Å²) in [5, 5.41) is 13.2. The Morgan fingerprint density at radius 3 is 2.48 bits per heavy atom. The van der Waals surface area contributed by atoms with Crippen LogP contribution < -0.4 is 4.90 Å². The summed E-state index contributed by atoms with van der Waals surface area (Å²) in [7, 11) is 0. The number of rotatable bonds is 3. The van der Waals surface area contributed by atoms with Crippen LogP contribution in [-0.2, 0) is 9.59 Å². The number of carbonyl (C=O) groups is 2. The number of nitrogens with zero attached hydrogens (tertiary/aromatic N) is 1. The second-order valence-corrected chi connectivity index (χ2v) is 7.96. The van der Waals surface area contributed by atoms with E-state index in [0.29, 0.717) is 21.2 Å². The predicted octanol–water partition coefficient (Wildman–Crippen LogP) is 5.48. The maximum Gasteiger partial charge on any atom is 0.300 e. The van der Waals surface area contributed by atoms with E-state index in [-0.39, 0.29) is 16.9 Å². The minimum Gasteiger partial charge on any atom is -0.507 e. The highest BCUT2D eigenvalue weighted by molar-refractivity contribution is 7.10. The number of halogens is 2. The number of thiophene rings is 1. The van der Waals surface area contributed by atoms with Gasteiger partial charge < -0.3 is 5.11 Å². The van der Waals surface area contributed by atoms with Gasteiger partial charge in [0.2, 0.25) is 0 Å². The molecule has 1 saturated heterocycles. The topological polar surface area (TPSA) is 57.6 Å². The van der Waals surface area contributed by atoms with Crippen molar-refractivity contribution in [3.63, 3.8) is 0 Å². The SMILES string of the molecule is Cc1c(Cl)cccc1N1C(=O)C(=O)/C(=C(\O)c2ccc(F)cc2)C1c1cccs1. The first-order valence-corrected chi connectivity index (χ1v) is 10.0. The molecule has 1 atom stereocenters. The van der Waals surface area contributed by atoms with E-state index in [4.69, 9.17) is 11.6 Å². The summed E-state index contributed by atoms with van der Waals surface area (Å²) in [6.07, 6.45) is 0. The second-order valence-electron chi connectivity index (χ2n) is 6.58. The summed E-state index contributed by atoms with van der Waals surface area (Å²) in [4.78, 5) is 28.0. The lowest BCUT2D eigenvalue weighted by Crippen LogP contribution is -2.29. The Labute approximate surface area is 175 Å². The number of carbonyl (C=O) groups excluding carboxylic acids is 2. The molecule has 0 bridgehead atoms. The Bertz CT molecular complexity index is 1140. The third-order valence-corrected chi connectivity index (χ3v) is 6.21. The summed E-state index contributed by atoms with van der Waals surface area (Å²) >= 11 is 7.61. The van der Waals surface area contributed by atoms with Crippen molar-refractivity contribution < 1.29 is 19.1 Å². The highest BCUT2D eigenvalue weighted by atomic mass is 35.5. The first-order chi connectivity index (χ1) is 13.9. The molecule has 1 N–H and O–H groups in total. The number of hydrogen-bond donors (Lipinski definition) is 1. The van der Waals surface area contributed by atoms with Gasteiger partial charge in [-0.3, -0.25) is 14.5 Å². The van der Waals surface area contributed by atoms with E-state index in [1.807, 2.05) is 11.4 Å². The molecule has 4 nitrogen and oxygen atoms in total. The van der Waals surface area contributed by atoms with Crippen LogP contribution in [0.25, 0.3) is 5.76 Å². The number of aliphatic hydroxyl groups is 1. The summed E-state index contributed by atoms with van der Waals surface area (Å²) < 4.78 is 13.3. The Balaban J connectivity index is 1.95. The fourth-order valence-corrected chi connectivity index (χ4v) is 4.41. The van der Waals surface area contributed by atoms with Gasteiger partial charge in [0, 0.05) is 21.2 Å². The van der Waals surface area contributed by atoms with Crippen LogP contribution in [0.4, 0.5) is 10.1 Å². The van der Waals surface area contributed by atoms with Crippen molar-refractivity contribution in [2.45, 2.75) is 13.0 Å². The molecule has 0 radical (unpaired) electrons. The third-order valence-electron chi connectivity index (χ3n) is 4.87. The zero-order valence-electron chi connectivity index (χ0n) is 15.2. The van der Waals surface area contributed by atoms with E-state index >= 15 is 0 Å². The molecule has 2 heterocycles. The average Bonchev–Trinajstić information content (AvgIpc) is 3.32. The molecule has 2 aromatic carbocycles. The molecule has 1 amide bonds. The molecular formula is C22H15ClFNO3S. The molecule has 0 saturated carbocycles. The van der Waals surface area contributed by atoms with Gasteiger partial charge in [0.05, 0.1) is 5.57 Å². The van der Waals surface area contributed by atoms with Crippen LogP contribution in [0.1, 0.15) is 22.0 Å². The number of anilines is 1. The number of hydrogen-bond acceptors (Lipinski definition) is 4. The number of aliphatic hydroxyl groups excluding tert-OH is 1. The van der Waals surface area contributed by atoms with Crippen LogP contribution in [0.3, 0.4) is 0 Å². The molecule has 7 heteroatoms. The maximum atomic E-state index is 13.3. The van der Waals surface area contributed by atoms with Gasteiger partial charge in [-0.15, -0.1) is 11.3 Å². The number of Topliss-reactive ketones (excluding diaryl/α,β-unsaturated/α-hetero) is 1. The largest absolute Gasteiger partial charge is 0.507 e. The monoisotopic (exact) mass is 427 g/mol. The van der Waals surface area contributed by atoms with Gasteiger partial charge in [0.25, 0.3) is 11.7 Å². The maximum absolute atomic E-state index is 13.3. The number of ketones is 1. The van der Waals surface area contributed by atoms with Crippen molar-refractivity contribution in [3.05, 3.63) is 92.4 Å². The highest BCUT2D eigenvalue weighted by Gasteiger charge is 2.47. The van der Waals surface area contributed by atoms with Gasteiger partial charge in [0.15, 0.2) is 0 Å². The minimum atomic E-state index is -0.808. The van der Waals surface area contributed by atoms with Crippen LogP contribution in [-0.4, -0.2) is 16.8 Å². The van der Waals surface area contributed by atoms with E-state index in [2.05, 4.69) is 0 Å². The Kier molecular flexibility index (Phi) is 4.98. The molecule has 29 heavy (non-hydrogen) atoms. The van der Waals surface area contributed by atoms with E-state index in [1.54, 1.807) is 31.2 Å². The van der Waals surface area contributed by atoms with E-state index < -0.39 is 23.5 Å². The van der Waals surface area contributed by atoms with Crippen LogP contribution in [0, 0.1) is 12.7 Å². The molecule has 4 rings (SSSR count). The lowest BCUT2D eigenvalue weighted by atomic mass is 9.99. The third kappa shape index (κ3) is 3.24. The lowest BCUT2D eigenvalue weighted by molar-refractivity contribution is -0.132. The molecule has 1 aliphatic heterocycles. The summed E-state index contributed by atoms with van der Waals surface area (Å²) in [6, 6.07) is 13.0. The Morgan fingerprint density at radius 2 is 1.83 bits per heavy atom. The molecular weight excluding hydrogens is 413 g/mol. The molecule has 0 aliphatic carbocycles. The number of amides is 1. The highest BCUT2D eigenvalue weighted by Crippen LogP contribution is 2.45. The summed E-state index contributed by atoms with van der Waals surface area (Å²) in [5.74, 6) is -2.36. The van der Waals surface area contributed by atoms with Crippen LogP contribution in [0.15, 0.2) is 65.6 Å². The van der Waals surface area contributed by atoms with Crippen molar-refractivity contribution in [3.8, 4) is 0 Å². The smallest absolute Gasteiger partial charge is 0.300 e. The van der Waals surface area contributed by atoms with Gasteiger partial charge in [-0.25, -0.2) is 4.39 Å².